The number of Topliss-reactive ketones (excluding diaryl/α,β-unsaturated/α-hetero) is 1. The lowest BCUT2D eigenvalue weighted by molar-refractivity contribution is 0.0934. The van der Waals surface area contributed by atoms with Crippen LogP contribution in [-0.4, -0.2) is 31.3 Å². The van der Waals surface area contributed by atoms with Gasteiger partial charge in [-0.2, -0.15) is 0 Å². The lowest BCUT2D eigenvalue weighted by Gasteiger charge is -2.16. The minimum atomic E-state index is -3.36. The molecule has 0 radical (unpaired) electrons. The highest BCUT2D eigenvalue weighted by molar-refractivity contribution is 7.92. The zero-order valence-corrected chi connectivity index (χ0v) is 18.0. The van der Waals surface area contributed by atoms with Gasteiger partial charge in [0, 0.05) is 10.9 Å². The van der Waals surface area contributed by atoms with Crippen molar-refractivity contribution in [3.63, 3.8) is 0 Å². The normalized spacial score (nSPS) is 12.4. The van der Waals surface area contributed by atoms with E-state index in [1.54, 1.807) is 49.4 Å². The molecule has 0 saturated heterocycles. The first-order chi connectivity index (χ1) is 14.0. The largest absolute Gasteiger partial charge is 0.344 e. The van der Waals surface area contributed by atoms with Gasteiger partial charge in [-0.05, 0) is 62.2 Å². The van der Waals surface area contributed by atoms with Gasteiger partial charge in [0.05, 0.1) is 23.5 Å². The van der Waals surface area contributed by atoms with Crippen molar-refractivity contribution in [2.24, 2.45) is 0 Å². The molecule has 2 N–H and O–H groups in total. The highest BCUT2D eigenvalue weighted by Crippen LogP contribution is 2.22. The molecule has 156 valence electrons. The molecule has 1 aromatic heterocycles. The van der Waals surface area contributed by atoms with Crippen LogP contribution in [0, 0.1) is 6.92 Å². The van der Waals surface area contributed by atoms with E-state index < -0.39 is 10.0 Å². The lowest BCUT2D eigenvalue weighted by atomic mass is 10.0. The van der Waals surface area contributed by atoms with Gasteiger partial charge in [0.2, 0.25) is 10.0 Å². The maximum absolute atomic E-state index is 12.7. The number of pyridine rings is 1. The SMILES string of the molecule is CC(=O)c1ccc2nc(C(=O)NC(C)c3ccc(NS(C)(=O)=O)c(C)c3)ccc2c1. The number of benzene rings is 2. The Bertz CT molecular complexity index is 1250. The molecule has 7 nitrogen and oxygen atoms in total. The molecule has 0 spiro atoms. The molecule has 30 heavy (non-hydrogen) atoms. The number of carbonyl (C=O) groups excluding carboxylic acids is 2. The van der Waals surface area contributed by atoms with Gasteiger partial charge in [-0.25, -0.2) is 13.4 Å². The fraction of sp³-hybridized carbons (Fsp3) is 0.227. The topological polar surface area (TPSA) is 105 Å². The molecule has 1 atom stereocenters. The fourth-order valence-electron chi connectivity index (χ4n) is 3.10. The quantitative estimate of drug-likeness (QED) is 0.587. The Morgan fingerprint density at radius 3 is 2.40 bits per heavy atom. The molecule has 1 unspecified atom stereocenters. The summed E-state index contributed by atoms with van der Waals surface area (Å²) in [5.41, 5.74) is 3.60. The van der Waals surface area contributed by atoms with E-state index in [0.717, 1.165) is 22.8 Å². The zero-order valence-electron chi connectivity index (χ0n) is 17.2. The highest BCUT2D eigenvalue weighted by atomic mass is 32.2. The van der Waals surface area contributed by atoms with E-state index in [9.17, 15) is 18.0 Å². The number of rotatable bonds is 6. The average Bonchev–Trinajstić information content (AvgIpc) is 2.67. The average molecular weight is 426 g/mol. The van der Waals surface area contributed by atoms with Crippen molar-refractivity contribution in [1.82, 2.24) is 10.3 Å². The van der Waals surface area contributed by atoms with Crippen molar-refractivity contribution >= 4 is 38.3 Å². The summed E-state index contributed by atoms with van der Waals surface area (Å²) in [6.07, 6.45) is 1.10. The summed E-state index contributed by atoms with van der Waals surface area (Å²) in [4.78, 5) is 28.6. The standard InChI is InChI=1S/C22H23N3O4S/c1-13-11-16(5-8-19(13)25-30(4,28)29)14(2)23-22(27)21-10-7-18-12-17(15(3)26)6-9-20(18)24-21/h5-12,14,25H,1-4H3,(H,23,27). The first-order valence-electron chi connectivity index (χ1n) is 9.34. The van der Waals surface area contributed by atoms with Crippen LogP contribution in [0.2, 0.25) is 0 Å². The first-order valence-corrected chi connectivity index (χ1v) is 11.2. The number of ketones is 1. The monoisotopic (exact) mass is 425 g/mol. The number of anilines is 1. The molecule has 0 aliphatic carbocycles. The van der Waals surface area contributed by atoms with Crippen LogP contribution in [0.5, 0.6) is 0 Å². The number of amides is 1. The molecular weight excluding hydrogens is 402 g/mol. The van der Waals surface area contributed by atoms with Crippen LogP contribution in [0.3, 0.4) is 0 Å². The Hall–Kier alpha value is -3.26. The van der Waals surface area contributed by atoms with E-state index in [-0.39, 0.29) is 23.4 Å². The van der Waals surface area contributed by atoms with Crippen molar-refractivity contribution in [3.8, 4) is 0 Å². The van der Waals surface area contributed by atoms with Crippen LogP contribution < -0.4 is 10.0 Å². The summed E-state index contributed by atoms with van der Waals surface area (Å²) in [5, 5.41) is 3.70. The number of hydrogen-bond donors (Lipinski definition) is 2. The molecule has 0 aliphatic heterocycles. The molecule has 0 aliphatic rings. The minimum Gasteiger partial charge on any atom is -0.344 e. The molecule has 3 rings (SSSR count). The van der Waals surface area contributed by atoms with E-state index in [2.05, 4.69) is 15.0 Å². The van der Waals surface area contributed by atoms with Gasteiger partial charge in [0.1, 0.15) is 5.69 Å². The molecule has 0 saturated carbocycles. The molecule has 8 heteroatoms. The van der Waals surface area contributed by atoms with Crippen molar-refractivity contribution in [2.75, 3.05) is 11.0 Å². The predicted molar refractivity (Wildman–Crippen MR) is 117 cm³/mol. The lowest BCUT2D eigenvalue weighted by Crippen LogP contribution is -2.27. The van der Waals surface area contributed by atoms with Gasteiger partial charge in [0.25, 0.3) is 5.91 Å². The number of fused-ring (bicyclic) bond motifs is 1. The highest BCUT2D eigenvalue weighted by Gasteiger charge is 2.15. The summed E-state index contributed by atoms with van der Waals surface area (Å²) >= 11 is 0. The van der Waals surface area contributed by atoms with Crippen molar-refractivity contribution in [2.45, 2.75) is 26.8 Å². The summed E-state index contributed by atoms with van der Waals surface area (Å²) in [5.74, 6) is -0.350. The van der Waals surface area contributed by atoms with E-state index in [1.165, 1.54) is 6.92 Å². The molecular formula is C22H23N3O4S. The molecule has 0 bridgehead atoms. The van der Waals surface area contributed by atoms with Crippen molar-refractivity contribution in [1.29, 1.82) is 0 Å². The zero-order chi connectivity index (χ0) is 22.1. The van der Waals surface area contributed by atoms with Crippen LogP contribution >= 0.6 is 0 Å². The van der Waals surface area contributed by atoms with Gasteiger partial charge >= 0.3 is 0 Å². The van der Waals surface area contributed by atoms with Crippen LogP contribution in [0.15, 0.2) is 48.5 Å². The third-order valence-electron chi connectivity index (χ3n) is 4.72. The second kappa shape index (κ2) is 8.23. The predicted octanol–water partition coefficient (Wildman–Crippen LogP) is 3.61. The molecule has 0 fully saturated rings. The van der Waals surface area contributed by atoms with Gasteiger partial charge in [-0.3, -0.25) is 14.3 Å². The Kier molecular flexibility index (Phi) is 5.89. The second-order valence-electron chi connectivity index (χ2n) is 7.30. The maximum atomic E-state index is 12.7. The Morgan fingerprint density at radius 1 is 1.03 bits per heavy atom. The van der Waals surface area contributed by atoms with Gasteiger partial charge < -0.3 is 5.32 Å². The fourth-order valence-corrected chi connectivity index (χ4v) is 3.72. The van der Waals surface area contributed by atoms with Gasteiger partial charge in [-0.15, -0.1) is 0 Å². The number of carbonyl (C=O) groups is 2. The molecule has 2 aromatic carbocycles. The van der Waals surface area contributed by atoms with Gasteiger partial charge in [-0.1, -0.05) is 18.2 Å². The number of nitrogens with zero attached hydrogens (tertiary/aromatic N) is 1. The first kappa shape index (κ1) is 21.4. The van der Waals surface area contributed by atoms with Crippen LogP contribution in [0.25, 0.3) is 10.9 Å². The molecule has 1 heterocycles. The molecule has 1 amide bonds. The summed E-state index contributed by atoms with van der Waals surface area (Å²) < 4.78 is 25.3. The Balaban J connectivity index is 1.77. The Labute approximate surface area is 175 Å². The van der Waals surface area contributed by atoms with Crippen LogP contribution in [0.4, 0.5) is 5.69 Å². The number of nitrogens with one attached hydrogen (secondary N) is 2. The summed E-state index contributed by atoms with van der Waals surface area (Å²) in [6, 6.07) is 13.5. The smallest absolute Gasteiger partial charge is 0.270 e. The minimum absolute atomic E-state index is 0.0272. The number of hydrogen-bond acceptors (Lipinski definition) is 5. The van der Waals surface area contributed by atoms with Gasteiger partial charge in [0.15, 0.2) is 5.78 Å². The Morgan fingerprint density at radius 2 is 1.77 bits per heavy atom. The van der Waals surface area contributed by atoms with Crippen molar-refractivity contribution < 1.29 is 18.0 Å². The van der Waals surface area contributed by atoms with E-state index >= 15 is 0 Å². The number of aromatic nitrogens is 1. The third kappa shape index (κ3) is 5.01. The van der Waals surface area contributed by atoms with Crippen LogP contribution in [0.1, 0.15) is 51.9 Å². The number of sulfonamides is 1. The van der Waals surface area contributed by atoms with E-state index in [4.69, 9.17) is 0 Å². The summed E-state index contributed by atoms with van der Waals surface area (Å²) in [7, 11) is -3.36. The van der Waals surface area contributed by atoms with Crippen LogP contribution in [-0.2, 0) is 10.0 Å². The van der Waals surface area contributed by atoms with Crippen molar-refractivity contribution in [3.05, 3.63) is 70.9 Å². The number of aryl methyl sites for hydroxylation is 1. The second-order valence-corrected chi connectivity index (χ2v) is 9.05. The molecule has 3 aromatic rings. The summed E-state index contributed by atoms with van der Waals surface area (Å²) in [6.45, 7) is 5.14. The maximum Gasteiger partial charge on any atom is 0.270 e. The van der Waals surface area contributed by atoms with E-state index in [1.807, 2.05) is 13.0 Å². The van der Waals surface area contributed by atoms with E-state index in [0.29, 0.717) is 16.8 Å². The third-order valence-corrected chi connectivity index (χ3v) is 5.31.